The Morgan fingerprint density at radius 1 is 1.55 bits per heavy atom. The van der Waals surface area contributed by atoms with Crippen LogP contribution in [-0.4, -0.2) is 84.3 Å². The molecule has 1 aliphatic carbocycles. The van der Waals surface area contributed by atoms with Crippen molar-refractivity contribution in [2.45, 2.75) is 22.6 Å². The maximum atomic E-state index is 12.2. The number of thioether (sulfide) groups is 2. The Kier molecular flexibility index (Phi) is 12.1. The van der Waals surface area contributed by atoms with Gasteiger partial charge in [0, 0.05) is 31.2 Å². The lowest BCUT2D eigenvalue weighted by molar-refractivity contribution is -0.119. The smallest absolute Gasteiger partial charge is 0.230 e. The number of alkyl halides is 1. The average molecular weight is 482 g/mol. The van der Waals surface area contributed by atoms with Crippen LogP contribution in [-0.2, 0) is 9.53 Å². The number of hydrogen-bond acceptors (Lipinski definition) is 7. The van der Waals surface area contributed by atoms with Gasteiger partial charge in [0.1, 0.15) is 4.71 Å². The van der Waals surface area contributed by atoms with Gasteiger partial charge < -0.3 is 15.2 Å². The fraction of sp³-hybridized carbons (Fsp3) is 0.632. The Hall–Kier alpha value is -0.190. The number of rotatable bonds is 11. The lowest BCUT2D eigenvalue weighted by Crippen LogP contribution is -2.48. The first-order valence-electron chi connectivity index (χ1n) is 9.53. The minimum Gasteiger partial charge on any atom is -0.392 e. The second kappa shape index (κ2) is 14.0. The highest BCUT2D eigenvalue weighted by molar-refractivity contribution is 8.18. The van der Waals surface area contributed by atoms with Crippen molar-refractivity contribution in [3.63, 3.8) is 0 Å². The predicted molar refractivity (Wildman–Crippen MR) is 125 cm³/mol. The Balaban J connectivity index is 1.68. The van der Waals surface area contributed by atoms with Gasteiger partial charge in [0.2, 0.25) is 5.91 Å². The molecule has 3 atom stereocenters. The maximum Gasteiger partial charge on any atom is 0.230 e. The van der Waals surface area contributed by atoms with Crippen LogP contribution < -0.4 is 10.6 Å². The molecule has 0 radical (unpaired) electrons. The average Bonchev–Trinajstić information content (AvgIpc) is 2.72. The number of aliphatic hydroxyl groups excluding tert-OH is 1. The SMILES string of the molecule is CNC(S/C=C/CO)SCC(=O)NCC1CN(CC2=CCC(Cl)C(Cl)=C2)CCO1. The number of allylic oxidation sites excluding steroid dienone is 2. The van der Waals surface area contributed by atoms with Gasteiger partial charge in [0.15, 0.2) is 0 Å². The predicted octanol–water partition coefficient (Wildman–Crippen LogP) is 2.34. The number of nitrogens with one attached hydrogen (secondary N) is 2. The van der Waals surface area contributed by atoms with Crippen LogP contribution in [0.15, 0.2) is 34.2 Å². The highest BCUT2D eigenvalue weighted by Crippen LogP contribution is 2.26. The molecule has 0 bridgehead atoms. The summed E-state index contributed by atoms with van der Waals surface area (Å²) in [7, 11) is 1.84. The van der Waals surface area contributed by atoms with Crippen molar-refractivity contribution in [2.24, 2.45) is 0 Å². The third-order valence-electron chi connectivity index (χ3n) is 4.37. The standard InChI is InChI=1S/C19H29Cl2N3O3S2/c1-22-19(28-8-2-6-25)29-13-18(26)23-10-15-12-24(5-7-27-15)11-14-3-4-16(20)17(21)9-14/h2-3,8-9,15-16,19,22,25H,4-7,10-13H2,1H3,(H,23,26)/b8-2+. The van der Waals surface area contributed by atoms with E-state index in [-0.39, 0.29) is 28.7 Å². The molecule has 3 unspecified atom stereocenters. The van der Waals surface area contributed by atoms with Crippen LogP contribution in [0.5, 0.6) is 0 Å². The quantitative estimate of drug-likeness (QED) is 0.308. The number of nitrogens with zero attached hydrogens (tertiary/aromatic N) is 1. The number of amides is 1. The largest absolute Gasteiger partial charge is 0.392 e. The summed E-state index contributed by atoms with van der Waals surface area (Å²) in [4.78, 5) is 14.5. The van der Waals surface area contributed by atoms with E-state index in [9.17, 15) is 4.79 Å². The first-order valence-corrected chi connectivity index (χ1v) is 12.3. The molecule has 1 heterocycles. The molecule has 29 heavy (non-hydrogen) atoms. The van der Waals surface area contributed by atoms with Gasteiger partial charge in [0.25, 0.3) is 0 Å². The van der Waals surface area contributed by atoms with Crippen molar-refractivity contribution < 1.29 is 14.6 Å². The number of ether oxygens (including phenoxy) is 1. The summed E-state index contributed by atoms with van der Waals surface area (Å²) in [6.45, 7) is 3.59. The van der Waals surface area contributed by atoms with Gasteiger partial charge in [-0.1, -0.05) is 23.8 Å². The van der Waals surface area contributed by atoms with Gasteiger partial charge in [-0.05, 0) is 30.5 Å². The fourth-order valence-electron chi connectivity index (χ4n) is 2.90. The van der Waals surface area contributed by atoms with E-state index in [4.69, 9.17) is 33.0 Å². The lowest BCUT2D eigenvalue weighted by Gasteiger charge is -2.33. The number of morpholine rings is 1. The van der Waals surface area contributed by atoms with Crippen LogP contribution >= 0.6 is 46.7 Å². The van der Waals surface area contributed by atoms with E-state index in [2.05, 4.69) is 21.6 Å². The monoisotopic (exact) mass is 481 g/mol. The molecule has 0 aromatic rings. The number of hydrogen-bond donors (Lipinski definition) is 3. The molecule has 1 aliphatic heterocycles. The first-order chi connectivity index (χ1) is 14.0. The summed E-state index contributed by atoms with van der Waals surface area (Å²) in [5, 5.41) is 17.3. The van der Waals surface area contributed by atoms with Crippen LogP contribution in [0.3, 0.4) is 0 Å². The van der Waals surface area contributed by atoms with Gasteiger partial charge in [-0.15, -0.1) is 35.1 Å². The van der Waals surface area contributed by atoms with Crippen LogP contribution in [0.25, 0.3) is 0 Å². The molecule has 2 aliphatic rings. The molecule has 0 aromatic carbocycles. The maximum absolute atomic E-state index is 12.2. The van der Waals surface area contributed by atoms with Gasteiger partial charge in [0.05, 0.1) is 30.4 Å². The Morgan fingerprint density at radius 2 is 2.38 bits per heavy atom. The van der Waals surface area contributed by atoms with E-state index in [1.54, 1.807) is 6.08 Å². The third kappa shape index (κ3) is 9.65. The van der Waals surface area contributed by atoms with E-state index in [1.807, 2.05) is 18.5 Å². The summed E-state index contributed by atoms with van der Waals surface area (Å²) in [6.07, 6.45) is 6.50. The Bertz CT molecular complexity index is 620. The normalized spacial score (nSPS) is 24.3. The number of aliphatic hydroxyl groups is 1. The lowest BCUT2D eigenvalue weighted by atomic mass is 10.1. The van der Waals surface area contributed by atoms with E-state index in [0.29, 0.717) is 23.9 Å². The number of halogens is 2. The fourth-order valence-corrected chi connectivity index (χ4v) is 5.04. The van der Waals surface area contributed by atoms with Crippen LogP contribution in [0.1, 0.15) is 6.42 Å². The van der Waals surface area contributed by atoms with E-state index < -0.39 is 0 Å². The van der Waals surface area contributed by atoms with Crippen molar-refractivity contribution in [2.75, 3.05) is 52.2 Å². The van der Waals surface area contributed by atoms with Crippen molar-refractivity contribution in [3.05, 3.63) is 34.2 Å². The molecule has 2 rings (SSSR count). The highest BCUT2D eigenvalue weighted by atomic mass is 35.5. The highest BCUT2D eigenvalue weighted by Gasteiger charge is 2.23. The number of carbonyl (C=O) groups is 1. The van der Waals surface area contributed by atoms with Gasteiger partial charge in [-0.25, -0.2) is 0 Å². The minimum atomic E-state index is -0.113. The second-order valence-electron chi connectivity index (χ2n) is 6.67. The molecule has 3 N–H and O–H groups in total. The zero-order chi connectivity index (χ0) is 21.1. The Labute approximate surface area is 191 Å². The molecule has 1 fully saturated rings. The van der Waals surface area contributed by atoms with Gasteiger partial charge in [-0.2, -0.15) is 0 Å². The van der Waals surface area contributed by atoms with Crippen molar-refractivity contribution in [3.8, 4) is 0 Å². The molecular formula is C19H29Cl2N3O3S2. The van der Waals surface area contributed by atoms with Crippen LogP contribution in [0.2, 0.25) is 0 Å². The molecule has 0 spiro atoms. The number of carbonyl (C=O) groups excluding carboxylic acids is 1. The topological polar surface area (TPSA) is 73.8 Å². The van der Waals surface area contributed by atoms with Gasteiger partial charge >= 0.3 is 0 Å². The minimum absolute atomic E-state index is 0.0134. The van der Waals surface area contributed by atoms with E-state index >= 15 is 0 Å². The van der Waals surface area contributed by atoms with E-state index in [0.717, 1.165) is 26.1 Å². The summed E-state index contributed by atoms with van der Waals surface area (Å²) in [5.74, 6) is 0.345. The zero-order valence-corrected chi connectivity index (χ0v) is 19.6. The second-order valence-corrected chi connectivity index (χ2v) is 10.0. The molecule has 1 saturated heterocycles. The molecule has 1 amide bonds. The third-order valence-corrected chi connectivity index (χ3v) is 7.81. The summed E-state index contributed by atoms with van der Waals surface area (Å²) in [6, 6.07) is 0. The molecule has 0 saturated carbocycles. The van der Waals surface area contributed by atoms with Crippen LogP contribution in [0, 0.1) is 0 Å². The van der Waals surface area contributed by atoms with Crippen molar-refractivity contribution >= 4 is 52.6 Å². The van der Waals surface area contributed by atoms with Crippen molar-refractivity contribution in [1.82, 2.24) is 15.5 Å². The Morgan fingerprint density at radius 3 is 3.10 bits per heavy atom. The molecular weight excluding hydrogens is 453 g/mol. The first kappa shape index (κ1) is 25.1. The molecule has 0 aromatic heterocycles. The summed E-state index contributed by atoms with van der Waals surface area (Å²) >= 11 is 15.3. The molecule has 6 nitrogen and oxygen atoms in total. The summed E-state index contributed by atoms with van der Waals surface area (Å²) in [5.41, 5.74) is 1.18. The summed E-state index contributed by atoms with van der Waals surface area (Å²) < 4.78 is 5.86. The van der Waals surface area contributed by atoms with Gasteiger partial charge in [-0.3, -0.25) is 15.0 Å². The molecule has 164 valence electrons. The van der Waals surface area contributed by atoms with Crippen LogP contribution in [0.4, 0.5) is 0 Å². The molecule has 10 heteroatoms. The zero-order valence-electron chi connectivity index (χ0n) is 16.5. The van der Waals surface area contributed by atoms with E-state index in [1.165, 1.54) is 29.1 Å². The van der Waals surface area contributed by atoms with Crippen molar-refractivity contribution in [1.29, 1.82) is 0 Å².